The lowest BCUT2D eigenvalue weighted by Gasteiger charge is -2.04. The number of H-pyrrole nitrogens is 2. The summed E-state index contributed by atoms with van der Waals surface area (Å²) in [4.78, 5) is 11.6. The highest BCUT2D eigenvalue weighted by Gasteiger charge is 2.21. The number of imidazole rings is 1. The molecule has 0 radical (unpaired) electrons. The van der Waals surface area contributed by atoms with E-state index in [0.29, 0.717) is 6.04 Å². The molecule has 1 aliphatic heterocycles. The van der Waals surface area contributed by atoms with Gasteiger partial charge in [0.15, 0.2) is 0 Å². The van der Waals surface area contributed by atoms with Gasteiger partial charge >= 0.3 is 0 Å². The SMILES string of the molecule is Cc1[nH]c(C2CCCN2)nc1-c1c[nH]c2ccccc12. The van der Waals surface area contributed by atoms with Crippen LogP contribution in [0.4, 0.5) is 0 Å². The van der Waals surface area contributed by atoms with Crippen LogP contribution in [0.2, 0.25) is 0 Å². The highest BCUT2D eigenvalue weighted by atomic mass is 15.0. The molecule has 0 amide bonds. The van der Waals surface area contributed by atoms with Gasteiger partial charge in [0.1, 0.15) is 5.82 Å². The van der Waals surface area contributed by atoms with Crippen LogP contribution in [0.15, 0.2) is 30.5 Å². The molecular formula is C16H18N4. The van der Waals surface area contributed by atoms with E-state index in [9.17, 15) is 0 Å². The van der Waals surface area contributed by atoms with Crippen LogP contribution in [-0.4, -0.2) is 21.5 Å². The van der Waals surface area contributed by atoms with E-state index in [2.05, 4.69) is 46.6 Å². The molecule has 1 unspecified atom stereocenters. The number of aromatic nitrogens is 3. The number of hydrogen-bond acceptors (Lipinski definition) is 2. The van der Waals surface area contributed by atoms with E-state index < -0.39 is 0 Å². The Hall–Kier alpha value is -2.07. The standard InChI is InChI=1S/C16H18N4/c1-10-15(20-16(19-10)14-7-4-8-17-14)12-9-18-13-6-3-2-5-11(12)13/h2-3,5-6,9,14,17-18H,4,7-8H2,1H3,(H,19,20). The first kappa shape index (κ1) is 11.7. The second-order valence-electron chi connectivity index (χ2n) is 5.49. The number of nitrogens with one attached hydrogen (secondary N) is 3. The Kier molecular flexibility index (Phi) is 2.63. The average molecular weight is 266 g/mol. The number of aromatic amines is 2. The van der Waals surface area contributed by atoms with Gasteiger partial charge in [-0.1, -0.05) is 18.2 Å². The summed E-state index contributed by atoms with van der Waals surface area (Å²) < 4.78 is 0. The van der Waals surface area contributed by atoms with Gasteiger partial charge < -0.3 is 15.3 Å². The zero-order valence-corrected chi connectivity index (χ0v) is 11.5. The molecule has 3 N–H and O–H groups in total. The number of fused-ring (bicyclic) bond motifs is 1. The smallest absolute Gasteiger partial charge is 0.124 e. The maximum atomic E-state index is 4.85. The average Bonchev–Trinajstić information content (AvgIpc) is 3.16. The topological polar surface area (TPSA) is 56.5 Å². The summed E-state index contributed by atoms with van der Waals surface area (Å²) in [6.07, 6.45) is 4.45. The van der Waals surface area contributed by atoms with Gasteiger partial charge in [-0.2, -0.15) is 0 Å². The molecule has 4 nitrogen and oxygen atoms in total. The van der Waals surface area contributed by atoms with Gasteiger partial charge in [-0.25, -0.2) is 4.98 Å². The van der Waals surface area contributed by atoms with Crippen molar-refractivity contribution in [3.05, 3.63) is 42.0 Å². The minimum atomic E-state index is 0.382. The fraction of sp³-hybridized carbons (Fsp3) is 0.312. The first-order valence-electron chi connectivity index (χ1n) is 7.19. The maximum absolute atomic E-state index is 4.85. The van der Waals surface area contributed by atoms with E-state index in [1.807, 2.05) is 6.07 Å². The Bertz CT molecular complexity index is 747. The Labute approximate surface area is 117 Å². The number of hydrogen-bond donors (Lipinski definition) is 3. The van der Waals surface area contributed by atoms with E-state index in [-0.39, 0.29) is 0 Å². The molecule has 1 fully saturated rings. The van der Waals surface area contributed by atoms with Crippen LogP contribution in [0, 0.1) is 6.92 Å². The molecule has 1 aliphatic rings. The molecule has 0 spiro atoms. The highest BCUT2D eigenvalue weighted by molar-refractivity contribution is 5.95. The summed E-state index contributed by atoms with van der Waals surface area (Å²) in [5, 5.41) is 4.72. The van der Waals surface area contributed by atoms with E-state index >= 15 is 0 Å². The van der Waals surface area contributed by atoms with Crippen molar-refractivity contribution in [2.45, 2.75) is 25.8 Å². The van der Waals surface area contributed by atoms with Crippen molar-refractivity contribution in [1.82, 2.24) is 20.3 Å². The second-order valence-corrected chi connectivity index (χ2v) is 5.49. The van der Waals surface area contributed by atoms with Crippen LogP contribution < -0.4 is 5.32 Å². The minimum absolute atomic E-state index is 0.382. The van der Waals surface area contributed by atoms with E-state index in [1.165, 1.54) is 23.8 Å². The predicted molar refractivity (Wildman–Crippen MR) is 80.6 cm³/mol. The third-order valence-corrected chi connectivity index (χ3v) is 4.14. The van der Waals surface area contributed by atoms with Crippen molar-refractivity contribution in [3.63, 3.8) is 0 Å². The molecule has 1 atom stereocenters. The van der Waals surface area contributed by atoms with Gasteiger partial charge in [0.05, 0.1) is 11.7 Å². The molecule has 0 bridgehead atoms. The molecule has 1 saturated heterocycles. The maximum Gasteiger partial charge on any atom is 0.124 e. The molecule has 3 heterocycles. The molecule has 102 valence electrons. The van der Waals surface area contributed by atoms with Crippen molar-refractivity contribution in [3.8, 4) is 11.3 Å². The van der Waals surface area contributed by atoms with Crippen LogP contribution in [0.1, 0.15) is 30.4 Å². The molecular weight excluding hydrogens is 248 g/mol. The number of nitrogens with zero attached hydrogens (tertiary/aromatic N) is 1. The van der Waals surface area contributed by atoms with Crippen LogP contribution in [0.25, 0.3) is 22.2 Å². The van der Waals surface area contributed by atoms with E-state index in [4.69, 9.17) is 4.98 Å². The molecule has 4 rings (SSSR count). The van der Waals surface area contributed by atoms with Crippen LogP contribution >= 0.6 is 0 Å². The van der Waals surface area contributed by atoms with Crippen LogP contribution in [-0.2, 0) is 0 Å². The van der Waals surface area contributed by atoms with Gasteiger partial charge in [0, 0.05) is 28.4 Å². The Morgan fingerprint density at radius 1 is 1.25 bits per heavy atom. The molecule has 3 aromatic rings. The summed E-state index contributed by atoms with van der Waals surface area (Å²) in [5.41, 5.74) is 4.54. The van der Waals surface area contributed by atoms with Crippen molar-refractivity contribution in [1.29, 1.82) is 0 Å². The molecule has 2 aromatic heterocycles. The summed E-state index contributed by atoms with van der Waals surface area (Å²) in [6, 6.07) is 8.74. The zero-order valence-electron chi connectivity index (χ0n) is 11.5. The predicted octanol–water partition coefficient (Wildman–Crippen LogP) is 3.29. The first-order valence-corrected chi connectivity index (χ1v) is 7.19. The Morgan fingerprint density at radius 2 is 2.15 bits per heavy atom. The number of aryl methyl sites for hydroxylation is 1. The van der Waals surface area contributed by atoms with Crippen molar-refractivity contribution in [2.75, 3.05) is 6.54 Å². The van der Waals surface area contributed by atoms with E-state index in [0.717, 1.165) is 29.3 Å². The lowest BCUT2D eigenvalue weighted by atomic mass is 10.1. The largest absolute Gasteiger partial charge is 0.360 e. The lowest BCUT2D eigenvalue weighted by Crippen LogP contribution is -2.14. The summed E-state index contributed by atoms with van der Waals surface area (Å²) in [5.74, 6) is 1.07. The monoisotopic (exact) mass is 266 g/mol. The normalized spacial score (nSPS) is 18.9. The Morgan fingerprint density at radius 3 is 3.00 bits per heavy atom. The fourth-order valence-electron chi connectivity index (χ4n) is 3.10. The van der Waals surface area contributed by atoms with Crippen molar-refractivity contribution in [2.24, 2.45) is 0 Å². The summed E-state index contributed by atoms with van der Waals surface area (Å²) >= 11 is 0. The lowest BCUT2D eigenvalue weighted by molar-refractivity contribution is 0.612. The minimum Gasteiger partial charge on any atom is -0.360 e. The fourth-order valence-corrected chi connectivity index (χ4v) is 3.10. The van der Waals surface area contributed by atoms with Gasteiger partial charge in [-0.15, -0.1) is 0 Å². The second kappa shape index (κ2) is 4.49. The van der Waals surface area contributed by atoms with Gasteiger partial charge in [0.25, 0.3) is 0 Å². The number of benzene rings is 1. The van der Waals surface area contributed by atoms with Crippen molar-refractivity contribution >= 4 is 10.9 Å². The third-order valence-electron chi connectivity index (χ3n) is 4.14. The zero-order chi connectivity index (χ0) is 13.5. The quantitative estimate of drug-likeness (QED) is 0.666. The van der Waals surface area contributed by atoms with Gasteiger partial charge in [-0.05, 0) is 32.4 Å². The van der Waals surface area contributed by atoms with Gasteiger partial charge in [0.2, 0.25) is 0 Å². The number of para-hydroxylation sites is 1. The molecule has 0 saturated carbocycles. The molecule has 4 heteroatoms. The first-order chi connectivity index (χ1) is 9.83. The van der Waals surface area contributed by atoms with Gasteiger partial charge in [-0.3, -0.25) is 0 Å². The molecule has 0 aliphatic carbocycles. The van der Waals surface area contributed by atoms with Crippen LogP contribution in [0.5, 0.6) is 0 Å². The van der Waals surface area contributed by atoms with E-state index in [1.54, 1.807) is 0 Å². The molecule has 1 aromatic carbocycles. The molecule has 20 heavy (non-hydrogen) atoms. The third kappa shape index (κ3) is 1.76. The number of rotatable bonds is 2. The van der Waals surface area contributed by atoms with Crippen molar-refractivity contribution < 1.29 is 0 Å². The Balaban J connectivity index is 1.81. The summed E-state index contributed by atoms with van der Waals surface area (Å²) in [7, 11) is 0. The van der Waals surface area contributed by atoms with Crippen LogP contribution in [0.3, 0.4) is 0 Å². The summed E-state index contributed by atoms with van der Waals surface area (Å²) in [6.45, 7) is 3.19. The highest BCUT2D eigenvalue weighted by Crippen LogP contribution is 2.31.